The highest BCUT2D eigenvalue weighted by Crippen LogP contribution is 2.27. The third-order valence-corrected chi connectivity index (χ3v) is 4.66. The van der Waals surface area contributed by atoms with Crippen LogP contribution < -0.4 is 4.90 Å². The predicted molar refractivity (Wildman–Crippen MR) is 107 cm³/mol. The lowest BCUT2D eigenvalue weighted by atomic mass is 10.2. The number of rotatable bonds is 7. The van der Waals surface area contributed by atoms with Gasteiger partial charge in [0.25, 0.3) is 5.91 Å². The molecular weight excluding hydrogens is 379 g/mol. The molecular formula is C21H17FN2O3S. The van der Waals surface area contributed by atoms with Crippen LogP contribution in [-0.4, -0.2) is 30.0 Å². The Kier molecular flexibility index (Phi) is 6.29. The number of benzene rings is 2. The summed E-state index contributed by atoms with van der Waals surface area (Å²) in [5.41, 5.74) is 1.73. The van der Waals surface area contributed by atoms with Crippen LogP contribution in [-0.2, 0) is 9.53 Å². The number of anilines is 1. The lowest BCUT2D eigenvalue weighted by Gasteiger charge is -2.17. The summed E-state index contributed by atoms with van der Waals surface area (Å²) in [7, 11) is 0. The van der Waals surface area contributed by atoms with Crippen molar-refractivity contribution in [3.63, 3.8) is 0 Å². The van der Waals surface area contributed by atoms with Crippen molar-refractivity contribution in [1.82, 2.24) is 4.98 Å². The van der Waals surface area contributed by atoms with E-state index in [9.17, 15) is 14.0 Å². The molecule has 142 valence electrons. The van der Waals surface area contributed by atoms with Crippen molar-refractivity contribution in [1.29, 1.82) is 0 Å². The number of ether oxygens (including phenoxy) is 1. The molecule has 0 fully saturated rings. The normalized spacial score (nSPS) is 10.3. The molecule has 0 saturated carbocycles. The van der Waals surface area contributed by atoms with Crippen molar-refractivity contribution in [3.05, 3.63) is 84.0 Å². The lowest BCUT2D eigenvalue weighted by molar-refractivity contribution is -0.121. The van der Waals surface area contributed by atoms with E-state index < -0.39 is 24.3 Å². The number of thiazole rings is 1. The zero-order chi connectivity index (χ0) is 19.9. The van der Waals surface area contributed by atoms with Gasteiger partial charge in [-0.25, -0.2) is 14.2 Å². The Labute approximate surface area is 165 Å². The minimum absolute atomic E-state index is 0.0451. The SMILES string of the molecule is C=CCN(C(=O)COC(=O)c1cccc(F)c1)c1nc(-c2ccccc2)cs1. The zero-order valence-corrected chi connectivity index (χ0v) is 15.7. The molecule has 1 aromatic heterocycles. The largest absolute Gasteiger partial charge is 0.452 e. The van der Waals surface area contributed by atoms with Crippen molar-refractivity contribution in [2.24, 2.45) is 0 Å². The number of nitrogens with zero attached hydrogens (tertiary/aromatic N) is 2. The Morgan fingerprint density at radius 1 is 1.18 bits per heavy atom. The van der Waals surface area contributed by atoms with Crippen molar-refractivity contribution in [3.8, 4) is 11.3 Å². The fraction of sp³-hybridized carbons (Fsp3) is 0.0952. The second-order valence-corrected chi connectivity index (χ2v) is 6.60. The van der Waals surface area contributed by atoms with Gasteiger partial charge in [-0.3, -0.25) is 9.69 Å². The number of amides is 1. The summed E-state index contributed by atoms with van der Waals surface area (Å²) in [4.78, 5) is 30.5. The molecule has 0 radical (unpaired) electrons. The number of esters is 1. The second kappa shape index (κ2) is 9.05. The molecule has 28 heavy (non-hydrogen) atoms. The van der Waals surface area contributed by atoms with Gasteiger partial charge in [-0.1, -0.05) is 42.5 Å². The summed E-state index contributed by atoms with van der Waals surface area (Å²) in [5.74, 6) is -1.76. The number of hydrogen-bond acceptors (Lipinski definition) is 5. The van der Waals surface area contributed by atoms with Gasteiger partial charge in [0, 0.05) is 17.5 Å². The maximum atomic E-state index is 13.2. The number of aromatic nitrogens is 1. The van der Waals surface area contributed by atoms with E-state index >= 15 is 0 Å². The summed E-state index contributed by atoms with van der Waals surface area (Å²) >= 11 is 1.31. The van der Waals surface area contributed by atoms with E-state index in [4.69, 9.17) is 4.74 Å². The monoisotopic (exact) mass is 396 g/mol. The minimum atomic E-state index is -0.768. The molecule has 3 rings (SSSR count). The summed E-state index contributed by atoms with van der Waals surface area (Å²) in [6.07, 6.45) is 1.57. The van der Waals surface area contributed by atoms with Gasteiger partial charge < -0.3 is 4.74 Å². The molecule has 0 saturated heterocycles. The van der Waals surface area contributed by atoms with E-state index in [0.717, 1.165) is 17.3 Å². The van der Waals surface area contributed by atoms with E-state index in [0.29, 0.717) is 5.13 Å². The van der Waals surface area contributed by atoms with Crippen LogP contribution in [0.2, 0.25) is 0 Å². The van der Waals surface area contributed by atoms with Gasteiger partial charge in [-0.05, 0) is 18.2 Å². The highest BCUT2D eigenvalue weighted by molar-refractivity contribution is 7.14. The van der Waals surface area contributed by atoms with Crippen molar-refractivity contribution in [2.45, 2.75) is 0 Å². The third-order valence-electron chi connectivity index (χ3n) is 3.79. The Morgan fingerprint density at radius 2 is 1.96 bits per heavy atom. The Bertz CT molecular complexity index is 988. The Morgan fingerprint density at radius 3 is 2.68 bits per heavy atom. The molecule has 1 heterocycles. The van der Waals surface area contributed by atoms with E-state index in [1.165, 1.54) is 34.4 Å². The van der Waals surface area contributed by atoms with E-state index in [1.54, 1.807) is 6.08 Å². The van der Waals surface area contributed by atoms with Gasteiger partial charge in [0.2, 0.25) is 0 Å². The number of carbonyl (C=O) groups is 2. The Hall–Kier alpha value is -3.32. The van der Waals surface area contributed by atoms with Crippen LogP contribution >= 0.6 is 11.3 Å². The fourth-order valence-electron chi connectivity index (χ4n) is 2.45. The highest BCUT2D eigenvalue weighted by atomic mass is 32.1. The molecule has 3 aromatic rings. The second-order valence-electron chi connectivity index (χ2n) is 5.76. The first kappa shape index (κ1) is 19.4. The quantitative estimate of drug-likeness (QED) is 0.441. The maximum Gasteiger partial charge on any atom is 0.338 e. The average molecular weight is 396 g/mol. The summed E-state index contributed by atoms with van der Waals surface area (Å²) in [6, 6.07) is 14.7. The standard InChI is InChI=1S/C21H17FN2O3S/c1-2-11-24(21-23-18(14-28-21)15-7-4-3-5-8-15)19(25)13-27-20(26)16-9-6-10-17(22)12-16/h2-10,12,14H,1,11,13H2. The first-order valence-electron chi connectivity index (χ1n) is 8.43. The van der Waals surface area contributed by atoms with Crippen molar-refractivity contribution in [2.75, 3.05) is 18.1 Å². The molecule has 2 aromatic carbocycles. The van der Waals surface area contributed by atoms with Crippen molar-refractivity contribution < 1.29 is 18.7 Å². The molecule has 7 heteroatoms. The number of hydrogen-bond donors (Lipinski definition) is 0. The van der Waals surface area contributed by atoms with Crippen LogP contribution in [0.4, 0.5) is 9.52 Å². The average Bonchev–Trinajstić information content (AvgIpc) is 3.20. The van der Waals surface area contributed by atoms with Gasteiger partial charge in [0.05, 0.1) is 11.3 Å². The van der Waals surface area contributed by atoms with Crippen LogP contribution in [0.1, 0.15) is 10.4 Å². The zero-order valence-electron chi connectivity index (χ0n) is 14.9. The molecule has 0 spiro atoms. The van der Waals surface area contributed by atoms with Gasteiger partial charge in [-0.15, -0.1) is 17.9 Å². The maximum absolute atomic E-state index is 13.2. The third kappa shape index (κ3) is 4.69. The molecule has 0 N–H and O–H groups in total. The van der Waals surface area contributed by atoms with Crippen LogP contribution in [0.3, 0.4) is 0 Å². The first-order chi connectivity index (χ1) is 13.6. The van der Waals surface area contributed by atoms with Crippen LogP contribution in [0.5, 0.6) is 0 Å². The predicted octanol–water partition coefficient (Wildman–Crippen LogP) is 4.33. The van der Waals surface area contributed by atoms with Crippen LogP contribution in [0.25, 0.3) is 11.3 Å². The molecule has 5 nitrogen and oxygen atoms in total. The smallest absolute Gasteiger partial charge is 0.338 e. The van der Waals surface area contributed by atoms with Gasteiger partial charge in [0.15, 0.2) is 11.7 Å². The first-order valence-corrected chi connectivity index (χ1v) is 9.31. The van der Waals surface area contributed by atoms with E-state index in [-0.39, 0.29) is 12.1 Å². The molecule has 0 aliphatic carbocycles. The summed E-state index contributed by atoms with van der Waals surface area (Å²) in [5, 5.41) is 2.33. The molecule has 1 amide bonds. The molecule has 0 aliphatic rings. The van der Waals surface area contributed by atoms with Crippen LogP contribution in [0, 0.1) is 5.82 Å². The van der Waals surface area contributed by atoms with Gasteiger partial charge in [-0.2, -0.15) is 0 Å². The summed E-state index contributed by atoms with van der Waals surface area (Å²) in [6.45, 7) is 3.40. The molecule has 0 bridgehead atoms. The lowest BCUT2D eigenvalue weighted by Crippen LogP contribution is -2.34. The van der Waals surface area contributed by atoms with E-state index in [2.05, 4.69) is 11.6 Å². The number of carbonyl (C=O) groups excluding carboxylic acids is 2. The summed E-state index contributed by atoms with van der Waals surface area (Å²) < 4.78 is 18.2. The molecule has 0 aliphatic heterocycles. The minimum Gasteiger partial charge on any atom is -0.452 e. The van der Waals surface area contributed by atoms with E-state index in [1.807, 2.05) is 35.7 Å². The Balaban J connectivity index is 1.70. The van der Waals surface area contributed by atoms with Gasteiger partial charge >= 0.3 is 5.97 Å². The topological polar surface area (TPSA) is 59.5 Å². The fourth-order valence-corrected chi connectivity index (χ4v) is 3.31. The van der Waals surface area contributed by atoms with Gasteiger partial charge in [0.1, 0.15) is 5.82 Å². The molecule has 0 atom stereocenters. The highest BCUT2D eigenvalue weighted by Gasteiger charge is 2.20. The number of halogens is 1. The van der Waals surface area contributed by atoms with Crippen LogP contribution in [0.15, 0.2) is 72.6 Å². The van der Waals surface area contributed by atoms with Crippen molar-refractivity contribution >= 4 is 28.3 Å². The molecule has 0 unspecified atom stereocenters.